The number of aliphatic hydroxyl groups is 1. The number of aliphatic hydroxyl groups excluding tert-OH is 1. The first kappa shape index (κ1) is 22.2. The minimum atomic E-state index is -4.50. The minimum absolute atomic E-state index is 0.124. The topological polar surface area (TPSA) is 102 Å². The molecule has 164 valence electrons. The molecule has 0 fully saturated rings. The minimum Gasteiger partial charge on any atom is -0.394 e. The van der Waals surface area contributed by atoms with Crippen molar-refractivity contribution >= 4 is 5.91 Å². The monoisotopic (exact) mass is 435 g/mol. The number of halogens is 3. The third-order valence-electron chi connectivity index (χ3n) is 4.65. The third kappa shape index (κ3) is 4.82. The first-order valence-electron chi connectivity index (χ1n) is 9.36. The van der Waals surface area contributed by atoms with Crippen LogP contribution >= 0.6 is 0 Å². The molecular formula is C20H20F3N5O3. The molecule has 0 aliphatic rings. The highest BCUT2D eigenvalue weighted by molar-refractivity contribution is 5.95. The molecule has 1 atom stereocenters. The first-order valence-corrected chi connectivity index (χ1v) is 9.36. The Kier molecular flexibility index (Phi) is 6.25. The molecule has 0 aliphatic carbocycles. The largest absolute Gasteiger partial charge is 0.416 e. The van der Waals surface area contributed by atoms with E-state index in [1.807, 2.05) is 0 Å². The summed E-state index contributed by atoms with van der Waals surface area (Å²) in [5, 5.41) is 20.1. The second-order valence-corrected chi connectivity index (χ2v) is 6.87. The lowest BCUT2D eigenvalue weighted by atomic mass is 10.1. The maximum atomic E-state index is 12.9. The van der Waals surface area contributed by atoms with Crippen molar-refractivity contribution in [1.82, 2.24) is 24.9 Å². The van der Waals surface area contributed by atoms with Crippen LogP contribution in [0.5, 0.6) is 0 Å². The van der Waals surface area contributed by atoms with Crippen LogP contribution in [0, 0.1) is 0 Å². The van der Waals surface area contributed by atoms with Gasteiger partial charge in [0.2, 0.25) is 0 Å². The molecule has 2 heterocycles. The summed E-state index contributed by atoms with van der Waals surface area (Å²) in [7, 11) is 1.63. The van der Waals surface area contributed by atoms with Crippen molar-refractivity contribution in [2.75, 3.05) is 6.61 Å². The Bertz CT molecular complexity index is 1130. The molecule has 0 saturated heterocycles. The highest BCUT2D eigenvalue weighted by Gasteiger charge is 2.30. The molecule has 0 bridgehead atoms. The van der Waals surface area contributed by atoms with Gasteiger partial charge in [0.05, 0.1) is 36.3 Å². The van der Waals surface area contributed by atoms with Crippen LogP contribution in [-0.4, -0.2) is 43.2 Å². The summed E-state index contributed by atoms with van der Waals surface area (Å²) >= 11 is 0. The standard InChI is InChI=1S/C20H20F3N5O3/c1-3-14(11-29)25-18(30)16-8-17(12-4-6-13(7-5-12)20(21,22)23)26-28(19(16)31)15-9-24-27(2)10-15/h4-10,14,29H,3,11H2,1-2H3,(H,25,30)/t14-/m0/s1. The number of carbonyl (C=O) groups is 1. The van der Waals surface area contributed by atoms with E-state index in [1.54, 1.807) is 14.0 Å². The lowest BCUT2D eigenvalue weighted by molar-refractivity contribution is -0.137. The van der Waals surface area contributed by atoms with E-state index in [0.29, 0.717) is 6.42 Å². The molecule has 3 aromatic rings. The van der Waals surface area contributed by atoms with E-state index >= 15 is 0 Å². The third-order valence-corrected chi connectivity index (χ3v) is 4.65. The highest BCUT2D eigenvalue weighted by Crippen LogP contribution is 2.30. The zero-order valence-corrected chi connectivity index (χ0v) is 16.7. The van der Waals surface area contributed by atoms with E-state index in [4.69, 9.17) is 0 Å². The van der Waals surface area contributed by atoms with Gasteiger partial charge in [-0.05, 0) is 24.6 Å². The zero-order valence-electron chi connectivity index (χ0n) is 16.7. The summed E-state index contributed by atoms with van der Waals surface area (Å²) in [5.41, 5.74) is -1.13. The van der Waals surface area contributed by atoms with Crippen molar-refractivity contribution in [2.24, 2.45) is 7.05 Å². The van der Waals surface area contributed by atoms with Crippen molar-refractivity contribution in [3.8, 4) is 16.9 Å². The fraction of sp³-hybridized carbons (Fsp3) is 0.300. The molecule has 3 rings (SSSR count). The average molecular weight is 435 g/mol. The van der Waals surface area contributed by atoms with Crippen LogP contribution < -0.4 is 10.9 Å². The number of nitrogens with one attached hydrogen (secondary N) is 1. The van der Waals surface area contributed by atoms with Crippen LogP contribution in [0.3, 0.4) is 0 Å². The quantitative estimate of drug-likeness (QED) is 0.618. The van der Waals surface area contributed by atoms with Gasteiger partial charge in [-0.25, -0.2) is 0 Å². The van der Waals surface area contributed by atoms with E-state index in [2.05, 4.69) is 15.5 Å². The van der Waals surface area contributed by atoms with Gasteiger partial charge in [-0.15, -0.1) is 0 Å². The van der Waals surface area contributed by atoms with Gasteiger partial charge in [-0.1, -0.05) is 19.1 Å². The SMILES string of the molecule is CC[C@@H](CO)NC(=O)c1cc(-c2ccc(C(F)(F)F)cc2)nn(-c2cnn(C)c2)c1=O. The van der Waals surface area contributed by atoms with Gasteiger partial charge in [-0.2, -0.15) is 28.1 Å². The summed E-state index contributed by atoms with van der Waals surface area (Å²) in [6.07, 6.45) is -1.18. The second kappa shape index (κ2) is 8.72. The summed E-state index contributed by atoms with van der Waals surface area (Å²) < 4.78 is 41.0. The van der Waals surface area contributed by atoms with Gasteiger partial charge in [-0.3, -0.25) is 14.3 Å². The summed E-state index contributed by atoms with van der Waals surface area (Å²) in [6, 6.07) is 4.89. The van der Waals surface area contributed by atoms with Crippen LogP contribution in [0.15, 0.2) is 47.5 Å². The van der Waals surface area contributed by atoms with Gasteiger partial charge in [0.1, 0.15) is 11.3 Å². The highest BCUT2D eigenvalue weighted by atomic mass is 19.4. The van der Waals surface area contributed by atoms with Gasteiger partial charge < -0.3 is 10.4 Å². The van der Waals surface area contributed by atoms with Crippen LogP contribution in [0.4, 0.5) is 13.2 Å². The molecule has 0 aliphatic heterocycles. The number of aromatic nitrogens is 4. The van der Waals surface area contributed by atoms with E-state index in [0.717, 1.165) is 16.8 Å². The molecule has 1 amide bonds. The number of alkyl halides is 3. The lowest BCUT2D eigenvalue weighted by Gasteiger charge is -2.15. The number of amides is 1. The van der Waals surface area contributed by atoms with E-state index in [-0.39, 0.29) is 29.1 Å². The Labute approximate surface area is 174 Å². The lowest BCUT2D eigenvalue weighted by Crippen LogP contribution is -2.40. The molecule has 2 N–H and O–H groups in total. The predicted octanol–water partition coefficient (Wildman–Crippen LogP) is 2.15. The van der Waals surface area contributed by atoms with Gasteiger partial charge in [0.15, 0.2) is 0 Å². The molecule has 8 nitrogen and oxygen atoms in total. The summed E-state index contributed by atoms with van der Waals surface area (Å²) in [6.45, 7) is 1.45. The number of aryl methyl sites for hydroxylation is 1. The zero-order chi connectivity index (χ0) is 22.8. The number of hydrogen-bond donors (Lipinski definition) is 2. The Morgan fingerprint density at radius 3 is 2.45 bits per heavy atom. The Morgan fingerprint density at radius 2 is 1.94 bits per heavy atom. The Morgan fingerprint density at radius 1 is 1.26 bits per heavy atom. The molecule has 0 unspecified atom stereocenters. The van der Waals surface area contributed by atoms with Crippen LogP contribution in [0.25, 0.3) is 16.9 Å². The number of hydrogen-bond acceptors (Lipinski definition) is 5. The molecule has 31 heavy (non-hydrogen) atoms. The Hall–Kier alpha value is -3.47. The maximum Gasteiger partial charge on any atom is 0.416 e. The Balaban J connectivity index is 2.13. The van der Waals surface area contributed by atoms with Crippen LogP contribution in [-0.2, 0) is 13.2 Å². The van der Waals surface area contributed by atoms with E-state index < -0.39 is 29.2 Å². The van der Waals surface area contributed by atoms with Gasteiger partial charge in [0, 0.05) is 12.6 Å². The molecular weight excluding hydrogens is 415 g/mol. The number of nitrogens with zero attached hydrogens (tertiary/aromatic N) is 4. The number of benzene rings is 1. The fourth-order valence-electron chi connectivity index (χ4n) is 2.86. The van der Waals surface area contributed by atoms with Crippen molar-refractivity contribution in [2.45, 2.75) is 25.6 Å². The van der Waals surface area contributed by atoms with Crippen molar-refractivity contribution in [3.63, 3.8) is 0 Å². The number of carbonyl (C=O) groups excluding carboxylic acids is 1. The van der Waals surface area contributed by atoms with Gasteiger partial charge in [0.25, 0.3) is 11.5 Å². The van der Waals surface area contributed by atoms with Gasteiger partial charge >= 0.3 is 6.18 Å². The molecule has 11 heteroatoms. The predicted molar refractivity (Wildman–Crippen MR) is 106 cm³/mol. The second-order valence-electron chi connectivity index (χ2n) is 6.87. The van der Waals surface area contributed by atoms with E-state index in [1.165, 1.54) is 35.3 Å². The number of rotatable bonds is 6. The summed E-state index contributed by atoms with van der Waals surface area (Å²) in [5.74, 6) is -0.723. The molecule has 0 radical (unpaired) electrons. The molecule has 0 spiro atoms. The van der Waals surface area contributed by atoms with Crippen molar-refractivity contribution < 1.29 is 23.1 Å². The molecule has 0 saturated carbocycles. The molecule has 1 aromatic carbocycles. The fourth-order valence-corrected chi connectivity index (χ4v) is 2.86. The molecule has 2 aromatic heterocycles. The van der Waals surface area contributed by atoms with Crippen LogP contribution in [0.1, 0.15) is 29.3 Å². The average Bonchev–Trinajstić information content (AvgIpc) is 3.17. The first-order chi connectivity index (χ1) is 14.6. The normalized spacial score (nSPS) is 12.6. The maximum absolute atomic E-state index is 12.9. The van der Waals surface area contributed by atoms with E-state index in [9.17, 15) is 27.9 Å². The summed E-state index contributed by atoms with van der Waals surface area (Å²) in [4.78, 5) is 25.7. The van der Waals surface area contributed by atoms with Crippen molar-refractivity contribution in [1.29, 1.82) is 0 Å². The van der Waals surface area contributed by atoms with Crippen molar-refractivity contribution in [3.05, 3.63) is 64.2 Å². The smallest absolute Gasteiger partial charge is 0.394 e. The van der Waals surface area contributed by atoms with Crippen LogP contribution in [0.2, 0.25) is 0 Å².